The summed E-state index contributed by atoms with van der Waals surface area (Å²) < 4.78 is 9.01. The highest BCUT2D eigenvalue weighted by atomic mass is 79.9. The molecular weight excluding hydrogens is 566 g/mol. The second-order valence-electron chi connectivity index (χ2n) is 11.3. The van der Waals surface area contributed by atoms with Crippen LogP contribution in [0.2, 0.25) is 0 Å². The van der Waals surface area contributed by atoms with Crippen molar-refractivity contribution in [2.75, 3.05) is 10.6 Å². The van der Waals surface area contributed by atoms with Crippen molar-refractivity contribution < 1.29 is 9.53 Å². The summed E-state index contributed by atoms with van der Waals surface area (Å²) >= 11 is 3.63. The third kappa shape index (κ3) is 5.68. The Morgan fingerprint density at radius 3 is 2.50 bits per heavy atom. The summed E-state index contributed by atoms with van der Waals surface area (Å²) in [6, 6.07) is 19.8. The number of nitrogens with one attached hydrogen (secondary N) is 2. The molecule has 0 saturated heterocycles. The second kappa shape index (κ2) is 10.9. The van der Waals surface area contributed by atoms with E-state index in [4.69, 9.17) is 4.74 Å². The zero-order valence-electron chi connectivity index (χ0n) is 23.7. The molecule has 2 N–H and O–H groups in total. The fourth-order valence-electron chi connectivity index (χ4n) is 4.94. The van der Waals surface area contributed by atoms with Crippen molar-refractivity contribution in [2.24, 2.45) is 0 Å². The van der Waals surface area contributed by atoms with Crippen LogP contribution in [-0.2, 0) is 16.8 Å². The number of aryl methyl sites for hydroxylation is 2. The van der Waals surface area contributed by atoms with Crippen molar-refractivity contribution >= 4 is 33.5 Å². The van der Waals surface area contributed by atoms with Gasteiger partial charge in [-0.2, -0.15) is 10.1 Å². The molecule has 0 saturated carbocycles. The van der Waals surface area contributed by atoms with Gasteiger partial charge in [0.05, 0.1) is 5.57 Å². The number of nitrogens with zero attached hydrogens (tertiary/aromatic N) is 3. The molecule has 7 nitrogen and oxygen atoms in total. The van der Waals surface area contributed by atoms with E-state index in [2.05, 4.69) is 87.7 Å². The van der Waals surface area contributed by atoms with Crippen LogP contribution in [0.15, 0.2) is 82.7 Å². The standard InChI is InChI=1S/C32H34BrN5O2/c1-19-7-13-26(20(2)15-19)37-30(39)28-21(3)36-31-34-18-35-38(31)29(28)25-16-24(33)12-14-27(25)40-17-22-8-10-23(11-9-22)32(4,5)6/h7-16,18,29H,17H2,1-6H3,(H,37,39)(H,34,35,36). The molecule has 1 atom stereocenters. The van der Waals surface area contributed by atoms with E-state index in [-0.39, 0.29) is 11.3 Å². The molecule has 2 heterocycles. The number of fused-ring (bicyclic) bond motifs is 1. The number of rotatable bonds is 6. The zero-order chi connectivity index (χ0) is 28.6. The van der Waals surface area contributed by atoms with Crippen LogP contribution in [0.1, 0.15) is 61.6 Å². The lowest BCUT2D eigenvalue weighted by atomic mass is 9.87. The Bertz CT molecular complexity index is 1600. The van der Waals surface area contributed by atoms with Gasteiger partial charge in [0.1, 0.15) is 24.7 Å². The van der Waals surface area contributed by atoms with Gasteiger partial charge in [-0.05, 0) is 67.1 Å². The molecule has 0 spiro atoms. The molecule has 1 unspecified atom stereocenters. The molecule has 1 aromatic heterocycles. The van der Waals surface area contributed by atoms with Crippen molar-refractivity contribution in [3.8, 4) is 5.75 Å². The van der Waals surface area contributed by atoms with Crippen molar-refractivity contribution in [3.63, 3.8) is 0 Å². The number of halogens is 1. The highest BCUT2D eigenvalue weighted by molar-refractivity contribution is 9.10. The number of hydrogen-bond acceptors (Lipinski definition) is 5. The number of carbonyl (C=O) groups excluding carboxylic acids is 1. The van der Waals surface area contributed by atoms with Gasteiger partial charge < -0.3 is 15.4 Å². The normalized spacial score (nSPS) is 14.9. The Kier molecular flexibility index (Phi) is 7.55. The largest absolute Gasteiger partial charge is 0.489 e. The lowest BCUT2D eigenvalue weighted by Crippen LogP contribution is -2.32. The average molecular weight is 601 g/mol. The van der Waals surface area contributed by atoms with Crippen LogP contribution < -0.4 is 15.4 Å². The SMILES string of the molecule is CC1=C(C(=O)Nc2ccc(C)cc2C)C(c2cc(Br)ccc2OCc2ccc(C(C)(C)C)cc2)n2ncnc2N1. The molecule has 206 valence electrons. The molecule has 1 aliphatic rings. The maximum absolute atomic E-state index is 13.9. The van der Waals surface area contributed by atoms with Crippen LogP contribution in [0.5, 0.6) is 5.75 Å². The van der Waals surface area contributed by atoms with Gasteiger partial charge in [-0.3, -0.25) is 4.79 Å². The number of allylic oxidation sites excluding steroid dienone is 1. The number of anilines is 2. The fraction of sp³-hybridized carbons (Fsp3) is 0.281. The van der Waals surface area contributed by atoms with Crippen molar-refractivity contribution in [1.29, 1.82) is 0 Å². The monoisotopic (exact) mass is 599 g/mol. The second-order valence-corrected chi connectivity index (χ2v) is 12.2. The third-order valence-electron chi connectivity index (χ3n) is 7.15. The summed E-state index contributed by atoms with van der Waals surface area (Å²) in [7, 11) is 0. The van der Waals surface area contributed by atoms with Crippen LogP contribution in [0, 0.1) is 13.8 Å². The Morgan fingerprint density at radius 2 is 1.80 bits per heavy atom. The van der Waals surface area contributed by atoms with Gasteiger partial charge in [-0.25, -0.2) is 4.68 Å². The maximum Gasteiger partial charge on any atom is 0.255 e. The first-order chi connectivity index (χ1) is 19.0. The fourth-order valence-corrected chi connectivity index (χ4v) is 5.32. The molecule has 3 aromatic carbocycles. The zero-order valence-corrected chi connectivity index (χ0v) is 25.3. The number of aromatic nitrogens is 3. The van der Waals surface area contributed by atoms with Crippen molar-refractivity contribution in [2.45, 2.75) is 59.6 Å². The Morgan fingerprint density at radius 1 is 1.05 bits per heavy atom. The number of ether oxygens (including phenoxy) is 1. The van der Waals surface area contributed by atoms with Crippen LogP contribution >= 0.6 is 15.9 Å². The Hall–Kier alpha value is -3.91. The molecule has 0 radical (unpaired) electrons. The molecule has 8 heteroatoms. The predicted octanol–water partition coefficient (Wildman–Crippen LogP) is 7.46. The number of hydrogen-bond donors (Lipinski definition) is 2. The van der Waals surface area contributed by atoms with Gasteiger partial charge in [0, 0.05) is 21.4 Å². The van der Waals surface area contributed by atoms with E-state index in [1.807, 2.05) is 51.1 Å². The van der Waals surface area contributed by atoms with Gasteiger partial charge in [0.25, 0.3) is 5.91 Å². The lowest BCUT2D eigenvalue weighted by molar-refractivity contribution is -0.113. The van der Waals surface area contributed by atoms with E-state index in [0.29, 0.717) is 29.6 Å². The molecule has 4 aromatic rings. The van der Waals surface area contributed by atoms with Gasteiger partial charge in [-0.15, -0.1) is 0 Å². The van der Waals surface area contributed by atoms with Crippen molar-refractivity contribution in [1.82, 2.24) is 14.8 Å². The van der Waals surface area contributed by atoms with Gasteiger partial charge in [-0.1, -0.05) is 78.7 Å². The smallest absolute Gasteiger partial charge is 0.255 e. The van der Waals surface area contributed by atoms with E-state index in [1.165, 1.54) is 11.9 Å². The molecule has 5 rings (SSSR count). The van der Waals surface area contributed by atoms with Gasteiger partial charge in [0.15, 0.2) is 0 Å². The summed E-state index contributed by atoms with van der Waals surface area (Å²) in [6.45, 7) is 12.9. The summed E-state index contributed by atoms with van der Waals surface area (Å²) in [5.41, 5.74) is 7.37. The van der Waals surface area contributed by atoms with E-state index in [1.54, 1.807) is 4.68 Å². The molecule has 40 heavy (non-hydrogen) atoms. The summed E-state index contributed by atoms with van der Waals surface area (Å²) in [4.78, 5) is 18.3. The third-order valence-corrected chi connectivity index (χ3v) is 7.64. The maximum atomic E-state index is 13.9. The van der Waals surface area contributed by atoms with Crippen LogP contribution in [0.3, 0.4) is 0 Å². The highest BCUT2D eigenvalue weighted by Gasteiger charge is 2.35. The van der Waals surface area contributed by atoms with Gasteiger partial charge in [0.2, 0.25) is 5.95 Å². The molecule has 0 aliphatic carbocycles. The van der Waals surface area contributed by atoms with E-state index < -0.39 is 6.04 Å². The topological polar surface area (TPSA) is 81.1 Å². The van der Waals surface area contributed by atoms with Crippen molar-refractivity contribution in [3.05, 3.63) is 111 Å². The summed E-state index contributed by atoms with van der Waals surface area (Å²) in [5, 5.41) is 10.9. The lowest BCUT2D eigenvalue weighted by Gasteiger charge is -2.30. The van der Waals surface area contributed by atoms with E-state index in [0.717, 1.165) is 32.4 Å². The van der Waals surface area contributed by atoms with E-state index >= 15 is 0 Å². The van der Waals surface area contributed by atoms with Crippen LogP contribution in [0.25, 0.3) is 0 Å². The molecule has 1 amide bonds. The predicted molar refractivity (Wildman–Crippen MR) is 163 cm³/mol. The quantitative estimate of drug-likeness (QED) is 0.240. The Balaban J connectivity index is 1.50. The minimum Gasteiger partial charge on any atom is -0.489 e. The molecular formula is C32H34BrN5O2. The summed E-state index contributed by atoms with van der Waals surface area (Å²) in [5.74, 6) is 1.02. The summed E-state index contributed by atoms with van der Waals surface area (Å²) in [6.07, 6.45) is 1.49. The minimum atomic E-state index is -0.555. The minimum absolute atomic E-state index is 0.0844. The first-order valence-corrected chi connectivity index (χ1v) is 14.1. The van der Waals surface area contributed by atoms with Crippen LogP contribution in [0.4, 0.5) is 11.6 Å². The number of amides is 1. The van der Waals surface area contributed by atoms with Gasteiger partial charge >= 0.3 is 0 Å². The highest BCUT2D eigenvalue weighted by Crippen LogP contribution is 2.40. The molecule has 0 bridgehead atoms. The molecule has 0 fully saturated rings. The molecule has 1 aliphatic heterocycles. The van der Waals surface area contributed by atoms with E-state index in [9.17, 15) is 4.79 Å². The average Bonchev–Trinajstić information content (AvgIpc) is 3.36. The van der Waals surface area contributed by atoms with Crippen LogP contribution in [-0.4, -0.2) is 20.7 Å². The Labute approximate surface area is 243 Å². The number of benzene rings is 3. The first kappa shape index (κ1) is 27.6. The number of carbonyl (C=O) groups is 1. The first-order valence-electron chi connectivity index (χ1n) is 13.3.